The van der Waals surface area contributed by atoms with Crippen LogP contribution in [0.1, 0.15) is 54.4 Å². The van der Waals surface area contributed by atoms with Gasteiger partial charge in [-0.15, -0.1) is 5.10 Å². The maximum absolute atomic E-state index is 11.1. The molecule has 21 heavy (non-hydrogen) atoms. The second kappa shape index (κ2) is 8.35. The van der Waals surface area contributed by atoms with Gasteiger partial charge in [0, 0.05) is 6.54 Å². The van der Waals surface area contributed by atoms with Gasteiger partial charge in [-0.2, -0.15) is 0 Å². The fraction of sp³-hybridized carbons (Fsp3) is 0.471. The van der Waals surface area contributed by atoms with E-state index >= 15 is 0 Å². The van der Waals surface area contributed by atoms with Gasteiger partial charge in [0.15, 0.2) is 6.29 Å². The summed E-state index contributed by atoms with van der Waals surface area (Å²) in [5.41, 5.74) is 2.72. The van der Waals surface area contributed by atoms with Gasteiger partial charge < -0.3 is 0 Å². The van der Waals surface area contributed by atoms with Crippen molar-refractivity contribution >= 4 is 6.29 Å². The Morgan fingerprint density at radius 1 is 1.10 bits per heavy atom. The Labute approximate surface area is 126 Å². The minimum absolute atomic E-state index is 0.487. The van der Waals surface area contributed by atoms with Crippen LogP contribution in [0.4, 0.5) is 0 Å². The summed E-state index contributed by atoms with van der Waals surface area (Å²) in [4.78, 5) is 11.1. The van der Waals surface area contributed by atoms with E-state index in [9.17, 15) is 4.79 Å². The number of hydrogen-bond acceptors (Lipinski definition) is 3. The number of aryl methyl sites for hydroxylation is 2. The van der Waals surface area contributed by atoms with Crippen molar-refractivity contribution < 1.29 is 4.79 Å². The van der Waals surface area contributed by atoms with Crippen LogP contribution in [0.15, 0.2) is 30.3 Å². The first-order chi connectivity index (χ1) is 10.3. The van der Waals surface area contributed by atoms with Crippen molar-refractivity contribution in [1.82, 2.24) is 15.0 Å². The quantitative estimate of drug-likeness (QED) is 0.523. The third-order valence-corrected chi connectivity index (χ3v) is 3.70. The molecule has 2 aromatic rings. The molecule has 1 aromatic heterocycles. The summed E-state index contributed by atoms with van der Waals surface area (Å²) in [6.45, 7) is 3.05. The van der Waals surface area contributed by atoms with Gasteiger partial charge >= 0.3 is 0 Å². The van der Waals surface area contributed by atoms with E-state index in [1.165, 1.54) is 24.8 Å². The average Bonchev–Trinajstić information content (AvgIpc) is 2.92. The second-order valence-electron chi connectivity index (χ2n) is 5.31. The van der Waals surface area contributed by atoms with Gasteiger partial charge in [-0.3, -0.25) is 4.79 Å². The Morgan fingerprint density at radius 3 is 2.62 bits per heavy atom. The number of unbranched alkanes of at least 4 members (excludes halogenated alkanes) is 3. The molecule has 0 amide bonds. The number of carbonyl (C=O) groups excluding carboxylic acids is 1. The molecular weight excluding hydrogens is 262 g/mol. The third-order valence-electron chi connectivity index (χ3n) is 3.70. The van der Waals surface area contributed by atoms with Crippen LogP contribution >= 0.6 is 0 Å². The minimum Gasteiger partial charge on any atom is -0.296 e. The van der Waals surface area contributed by atoms with E-state index in [2.05, 4.69) is 29.4 Å². The van der Waals surface area contributed by atoms with E-state index in [4.69, 9.17) is 0 Å². The molecule has 0 N–H and O–H groups in total. The lowest BCUT2D eigenvalue weighted by Crippen LogP contribution is -2.08. The van der Waals surface area contributed by atoms with E-state index in [1.807, 2.05) is 22.9 Å². The highest BCUT2D eigenvalue weighted by Crippen LogP contribution is 2.11. The monoisotopic (exact) mass is 285 g/mol. The first-order valence-corrected chi connectivity index (χ1v) is 7.76. The Hall–Kier alpha value is -1.97. The zero-order valence-corrected chi connectivity index (χ0v) is 12.7. The molecule has 0 aliphatic heterocycles. The smallest absolute Gasteiger partial charge is 0.172 e. The summed E-state index contributed by atoms with van der Waals surface area (Å²) >= 11 is 0. The van der Waals surface area contributed by atoms with Crippen LogP contribution in [0.5, 0.6) is 0 Å². The van der Waals surface area contributed by atoms with Gasteiger partial charge in [0.2, 0.25) is 0 Å². The molecule has 2 rings (SSSR count). The first-order valence-electron chi connectivity index (χ1n) is 7.76. The van der Waals surface area contributed by atoms with Crippen LogP contribution in [0.2, 0.25) is 0 Å². The van der Waals surface area contributed by atoms with Gasteiger partial charge in [-0.1, -0.05) is 61.7 Å². The van der Waals surface area contributed by atoms with E-state index in [-0.39, 0.29) is 0 Å². The fourth-order valence-corrected chi connectivity index (χ4v) is 2.47. The molecule has 0 saturated carbocycles. The van der Waals surface area contributed by atoms with Gasteiger partial charge in [0.1, 0.15) is 5.69 Å². The van der Waals surface area contributed by atoms with Gasteiger partial charge in [0.25, 0.3) is 0 Å². The second-order valence-corrected chi connectivity index (χ2v) is 5.31. The molecule has 0 radical (unpaired) electrons. The van der Waals surface area contributed by atoms with E-state index < -0.39 is 0 Å². The van der Waals surface area contributed by atoms with Crippen LogP contribution < -0.4 is 0 Å². The van der Waals surface area contributed by atoms with E-state index in [0.717, 1.165) is 37.8 Å². The van der Waals surface area contributed by atoms with Crippen molar-refractivity contribution in [2.24, 2.45) is 0 Å². The van der Waals surface area contributed by atoms with Crippen molar-refractivity contribution in [2.75, 3.05) is 0 Å². The molecule has 0 fully saturated rings. The van der Waals surface area contributed by atoms with Crippen LogP contribution in [-0.4, -0.2) is 21.3 Å². The number of aldehydes is 1. The Kier molecular flexibility index (Phi) is 6.13. The summed E-state index contributed by atoms with van der Waals surface area (Å²) in [6, 6.07) is 10.3. The Morgan fingerprint density at radius 2 is 1.90 bits per heavy atom. The molecule has 0 saturated heterocycles. The maximum atomic E-state index is 11.1. The highest BCUT2D eigenvalue weighted by atomic mass is 16.1. The number of nitrogens with zero attached hydrogens (tertiary/aromatic N) is 3. The third kappa shape index (κ3) is 4.52. The SMILES string of the molecule is CCCCCCn1nnc(C=O)c1CCc1ccccc1. The molecule has 1 heterocycles. The Balaban J connectivity index is 1.99. The number of aromatic nitrogens is 3. The molecule has 0 bridgehead atoms. The summed E-state index contributed by atoms with van der Waals surface area (Å²) in [6.07, 6.45) is 7.28. The van der Waals surface area contributed by atoms with Crippen molar-refractivity contribution in [2.45, 2.75) is 52.0 Å². The molecule has 0 atom stereocenters. The van der Waals surface area contributed by atoms with Crippen LogP contribution in [0.3, 0.4) is 0 Å². The topological polar surface area (TPSA) is 47.8 Å². The fourth-order valence-electron chi connectivity index (χ4n) is 2.47. The van der Waals surface area contributed by atoms with Gasteiger partial charge in [0.05, 0.1) is 5.69 Å². The molecule has 0 unspecified atom stereocenters. The van der Waals surface area contributed by atoms with E-state index in [0.29, 0.717) is 5.69 Å². The van der Waals surface area contributed by atoms with Crippen molar-refractivity contribution in [3.63, 3.8) is 0 Å². The number of benzene rings is 1. The summed E-state index contributed by atoms with van der Waals surface area (Å²) in [7, 11) is 0. The summed E-state index contributed by atoms with van der Waals surface area (Å²) in [5.74, 6) is 0. The number of hydrogen-bond donors (Lipinski definition) is 0. The molecule has 0 aliphatic rings. The highest BCUT2D eigenvalue weighted by molar-refractivity contribution is 5.73. The van der Waals surface area contributed by atoms with Crippen molar-refractivity contribution in [1.29, 1.82) is 0 Å². The normalized spacial score (nSPS) is 10.7. The highest BCUT2D eigenvalue weighted by Gasteiger charge is 2.11. The van der Waals surface area contributed by atoms with E-state index in [1.54, 1.807) is 0 Å². The number of carbonyl (C=O) groups is 1. The van der Waals surface area contributed by atoms with Crippen LogP contribution in [0.25, 0.3) is 0 Å². The molecule has 0 aliphatic carbocycles. The zero-order chi connectivity index (χ0) is 14.9. The first kappa shape index (κ1) is 15.4. The van der Waals surface area contributed by atoms with Crippen LogP contribution in [-0.2, 0) is 19.4 Å². The molecular formula is C17H23N3O. The minimum atomic E-state index is 0.487. The predicted molar refractivity (Wildman–Crippen MR) is 83.4 cm³/mol. The van der Waals surface area contributed by atoms with Gasteiger partial charge in [-0.25, -0.2) is 4.68 Å². The summed E-state index contributed by atoms with van der Waals surface area (Å²) in [5, 5.41) is 8.12. The average molecular weight is 285 g/mol. The van der Waals surface area contributed by atoms with Gasteiger partial charge in [-0.05, 0) is 24.8 Å². The number of rotatable bonds is 9. The molecule has 4 heteroatoms. The lowest BCUT2D eigenvalue weighted by atomic mass is 10.1. The largest absolute Gasteiger partial charge is 0.296 e. The standard InChI is InChI=1S/C17H23N3O/c1-2-3-4-8-13-20-17(16(14-21)18-19-20)12-11-15-9-6-5-7-10-15/h5-7,9-10,14H,2-4,8,11-13H2,1H3. The van der Waals surface area contributed by atoms with Crippen LogP contribution in [0, 0.1) is 0 Å². The lowest BCUT2D eigenvalue weighted by molar-refractivity contribution is 0.111. The Bertz CT molecular complexity index is 548. The van der Waals surface area contributed by atoms with Crippen molar-refractivity contribution in [3.05, 3.63) is 47.3 Å². The maximum Gasteiger partial charge on any atom is 0.172 e. The molecule has 4 nitrogen and oxygen atoms in total. The van der Waals surface area contributed by atoms with Crippen molar-refractivity contribution in [3.8, 4) is 0 Å². The molecule has 1 aromatic carbocycles. The summed E-state index contributed by atoms with van der Waals surface area (Å²) < 4.78 is 1.91. The predicted octanol–water partition coefficient (Wildman–Crippen LogP) is 3.46. The molecule has 0 spiro atoms. The lowest BCUT2D eigenvalue weighted by Gasteiger charge is -2.07. The zero-order valence-electron chi connectivity index (χ0n) is 12.7. The molecule has 112 valence electrons.